The van der Waals surface area contributed by atoms with Gasteiger partial charge >= 0.3 is 0 Å². The zero-order valence-corrected chi connectivity index (χ0v) is 23.8. The van der Waals surface area contributed by atoms with Crippen LogP contribution in [0, 0.1) is 12.3 Å². The summed E-state index contributed by atoms with van der Waals surface area (Å²) in [5.41, 5.74) is 2.22. The minimum absolute atomic E-state index is 0.118. The molecule has 10 nitrogen and oxygen atoms in total. The van der Waals surface area contributed by atoms with Crippen molar-refractivity contribution in [2.75, 3.05) is 46.0 Å². The van der Waals surface area contributed by atoms with Gasteiger partial charge in [0.1, 0.15) is 16.9 Å². The van der Waals surface area contributed by atoms with E-state index in [0.29, 0.717) is 34.3 Å². The maximum absolute atomic E-state index is 13.7. The number of nitrogens with zero attached hydrogens (tertiary/aromatic N) is 4. The number of piperidine rings is 2. The molecule has 1 aromatic heterocycles. The third-order valence-corrected chi connectivity index (χ3v) is 11.1. The molecule has 6 rings (SSSR count). The molecular weight excluding hydrogens is 554 g/mol. The number of amides is 1. The van der Waals surface area contributed by atoms with E-state index < -0.39 is 26.6 Å². The fraction of sp³-hybridized carbons (Fsp3) is 0.571. The van der Waals surface area contributed by atoms with Crippen LogP contribution < -0.4 is 19.8 Å². The lowest BCUT2D eigenvalue weighted by Gasteiger charge is -2.35. The highest BCUT2D eigenvalue weighted by Gasteiger charge is 2.55. The number of aromatic nitrogens is 2. The topological polar surface area (TPSA) is 125 Å². The third-order valence-electron chi connectivity index (χ3n) is 8.97. The third kappa shape index (κ3) is 5.60. The van der Waals surface area contributed by atoms with E-state index in [2.05, 4.69) is 24.9 Å². The average molecular weight is 589 g/mol. The Hall–Kier alpha value is -3.35. The van der Waals surface area contributed by atoms with E-state index in [-0.39, 0.29) is 50.5 Å². The van der Waals surface area contributed by atoms with Crippen LogP contribution in [0.4, 0.5) is 31.9 Å². The van der Waals surface area contributed by atoms with Crippen molar-refractivity contribution in [3.05, 3.63) is 35.5 Å². The van der Waals surface area contributed by atoms with Gasteiger partial charge in [-0.15, -0.1) is 0 Å². The zero-order chi connectivity index (χ0) is 29.0. The Kier molecular flexibility index (Phi) is 6.70. The second kappa shape index (κ2) is 9.88. The summed E-state index contributed by atoms with van der Waals surface area (Å²) in [6, 6.07) is 6.37. The van der Waals surface area contributed by atoms with Crippen molar-refractivity contribution in [3.8, 4) is 0 Å². The Labute approximate surface area is 238 Å². The maximum Gasteiger partial charge on any atom is 0.258 e. The van der Waals surface area contributed by atoms with Gasteiger partial charge in [-0.2, -0.15) is 4.98 Å². The lowest BCUT2D eigenvalue weighted by atomic mass is 9.93. The summed E-state index contributed by atoms with van der Waals surface area (Å²) in [6.45, 7) is 3.47. The van der Waals surface area contributed by atoms with E-state index in [0.717, 1.165) is 25.9 Å². The summed E-state index contributed by atoms with van der Waals surface area (Å²) in [7, 11) is -3.92. The van der Waals surface area contributed by atoms with Crippen molar-refractivity contribution in [1.29, 1.82) is 0 Å². The molecule has 4 aliphatic rings. The van der Waals surface area contributed by atoms with Gasteiger partial charge in [0, 0.05) is 50.8 Å². The molecule has 220 valence electrons. The fourth-order valence-electron chi connectivity index (χ4n) is 5.75. The minimum Gasteiger partial charge on any atom is -0.371 e. The number of sulfonamides is 1. The number of benzene rings is 1. The predicted molar refractivity (Wildman–Crippen MR) is 151 cm³/mol. The molecule has 13 heteroatoms. The van der Waals surface area contributed by atoms with Gasteiger partial charge in [-0.25, -0.2) is 22.2 Å². The molecule has 0 unspecified atom stereocenters. The molecule has 3 heterocycles. The summed E-state index contributed by atoms with van der Waals surface area (Å²) in [6.07, 6.45) is 4.93. The normalized spacial score (nSPS) is 22.2. The number of hydrogen-bond donors (Lipinski definition) is 2. The monoisotopic (exact) mass is 588 g/mol. The van der Waals surface area contributed by atoms with Crippen molar-refractivity contribution in [2.45, 2.75) is 69.0 Å². The summed E-state index contributed by atoms with van der Waals surface area (Å²) in [4.78, 5) is 37.7. The molecule has 2 saturated carbocycles. The Morgan fingerprint density at radius 3 is 2.20 bits per heavy atom. The quantitative estimate of drug-likeness (QED) is 0.442. The van der Waals surface area contributed by atoms with Crippen LogP contribution >= 0.6 is 0 Å². The van der Waals surface area contributed by atoms with Crippen LogP contribution in [-0.4, -0.2) is 67.4 Å². The van der Waals surface area contributed by atoms with Gasteiger partial charge in [0.25, 0.3) is 11.8 Å². The van der Waals surface area contributed by atoms with Gasteiger partial charge in [0.05, 0.1) is 16.9 Å². The molecule has 2 N–H and O–H groups in total. The Morgan fingerprint density at radius 1 is 0.927 bits per heavy atom. The SMILES string of the molecule is Cc1cc(NC(=O)c2ccc(NS(=O)(=O)C3(C=O)CC3)cc2N2CCC3(CC2)CC3)nc(N2CCC(F)(F)CC2)n1. The molecule has 0 bridgehead atoms. The van der Waals surface area contributed by atoms with E-state index >= 15 is 0 Å². The Bertz CT molecular complexity index is 1470. The molecular formula is C28H34F2N6O4S. The van der Waals surface area contributed by atoms with E-state index in [4.69, 9.17) is 0 Å². The predicted octanol–water partition coefficient (Wildman–Crippen LogP) is 4.13. The number of aryl methyl sites for hydroxylation is 1. The van der Waals surface area contributed by atoms with E-state index in [9.17, 15) is 26.8 Å². The van der Waals surface area contributed by atoms with E-state index in [1.807, 2.05) is 0 Å². The van der Waals surface area contributed by atoms with Gasteiger partial charge in [-0.1, -0.05) is 0 Å². The maximum atomic E-state index is 13.7. The van der Waals surface area contributed by atoms with Gasteiger partial charge in [-0.3, -0.25) is 9.52 Å². The van der Waals surface area contributed by atoms with Crippen LogP contribution in [0.25, 0.3) is 0 Å². The molecule has 1 amide bonds. The summed E-state index contributed by atoms with van der Waals surface area (Å²) in [5.74, 6) is -2.59. The molecule has 41 heavy (non-hydrogen) atoms. The average Bonchev–Trinajstić information content (AvgIpc) is 3.85. The summed E-state index contributed by atoms with van der Waals surface area (Å²) >= 11 is 0. The van der Waals surface area contributed by atoms with Gasteiger partial charge < -0.3 is 19.9 Å². The van der Waals surface area contributed by atoms with Gasteiger partial charge in [-0.05, 0) is 69.1 Å². The van der Waals surface area contributed by atoms with Crippen LogP contribution in [-0.2, 0) is 14.8 Å². The minimum atomic E-state index is -3.92. The first-order valence-electron chi connectivity index (χ1n) is 14.1. The largest absolute Gasteiger partial charge is 0.371 e. The van der Waals surface area contributed by atoms with E-state index in [1.54, 1.807) is 30.0 Å². The summed E-state index contributed by atoms with van der Waals surface area (Å²) < 4.78 is 54.3. The standard InChI is InChI=1S/C28H34F2N6O4S/c1-19-16-23(33-25(31-19)36-14-10-28(29,30)11-15-36)32-24(38)21-3-2-20(34-41(39,40)27(18-37)6-7-27)17-22(21)35-12-8-26(4-5-26)9-13-35/h2-3,16-18,34H,4-15H2,1H3,(H,31,32,33,38). The number of hydrogen-bond acceptors (Lipinski definition) is 8. The number of anilines is 4. The van der Waals surface area contributed by atoms with Crippen molar-refractivity contribution >= 4 is 45.4 Å². The van der Waals surface area contributed by atoms with Gasteiger partial charge in [0.15, 0.2) is 0 Å². The Morgan fingerprint density at radius 2 is 1.59 bits per heavy atom. The number of carbonyl (C=O) groups is 2. The highest BCUT2D eigenvalue weighted by Crippen LogP contribution is 2.54. The molecule has 2 aromatic rings. The molecule has 2 saturated heterocycles. The second-order valence-corrected chi connectivity index (χ2v) is 14.0. The highest BCUT2D eigenvalue weighted by atomic mass is 32.2. The number of nitrogens with one attached hydrogen (secondary N) is 2. The molecule has 0 radical (unpaired) electrons. The zero-order valence-electron chi connectivity index (χ0n) is 23.0. The molecule has 1 spiro atoms. The van der Waals surface area contributed by atoms with Crippen molar-refractivity contribution < 1.29 is 26.8 Å². The molecule has 0 atom stereocenters. The van der Waals surface area contributed by atoms with Crippen molar-refractivity contribution in [1.82, 2.24) is 9.97 Å². The lowest BCUT2D eigenvalue weighted by Crippen LogP contribution is -2.40. The molecule has 1 aromatic carbocycles. The van der Waals surface area contributed by atoms with Crippen molar-refractivity contribution in [2.24, 2.45) is 5.41 Å². The fourth-order valence-corrected chi connectivity index (χ4v) is 7.16. The van der Waals surface area contributed by atoms with Crippen LogP contribution in [0.2, 0.25) is 0 Å². The second-order valence-electron chi connectivity index (χ2n) is 12.0. The molecule has 4 fully saturated rings. The lowest BCUT2D eigenvalue weighted by molar-refractivity contribution is -0.108. The summed E-state index contributed by atoms with van der Waals surface area (Å²) in [5, 5.41) is 2.84. The highest BCUT2D eigenvalue weighted by molar-refractivity contribution is 7.95. The van der Waals surface area contributed by atoms with Crippen LogP contribution in [0.1, 0.15) is 67.4 Å². The van der Waals surface area contributed by atoms with Crippen molar-refractivity contribution in [3.63, 3.8) is 0 Å². The number of halogens is 2. The van der Waals surface area contributed by atoms with Crippen LogP contribution in [0.15, 0.2) is 24.3 Å². The number of carbonyl (C=O) groups excluding carboxylic acids is 2. The number of rotatable bonds is 8. The Balaban J connectivity index is 1.26. The smallest absolute Gasteiger partial charge is 0.258 e. The molecule has 2 aliphatic heterocycles. The molecule has 2 aliphatic carbocycles. The number of aldehydes is 1. The van der Waals surface area contributed by atoms with Crippen LogP contribution in [0.3, 0.4) is 0 Å². The first kappa shape index (κ1) is 27.8. The van der Waals surface area contributed by atoms with Crippen LogP contribution in [0.5, 0.6) is 0 Å². The van der Waals surface area contributed by atoms with E-state index in [1.165, 1.54) is 18.9 Å². The first-order chi connectivity index (χ1) is 19.4. The number of alkyl halides is 2. The van der Waals surface area contributed by atoms with Gasteiger partial charge in [0.2, 0.25) is 16.0 Å². The first-order valence-corrected chi connectivity index (χ1v) is 15.6.